The van der Waals surface area contributed by atoms with Crippen LogP contribution in [0.15, 0.2) is 24.8 Å². The minimum absolute atomic E-state index is 0.0219. The molecule has 2 fully saturated rings. The standard InChI is InChI=1S/C20H25ClN4O4/c1-3-19(27)25-11-15(12-25)23-4-6-24(7-5-23)20(28)10-22-17-8-14(13-26)16(21)9-18(17)29-2/h3,8-9,13,15,22H,1,4-7,10-12H2,2H3. The molecule has 0 aliphatic carbocycles. The minimum atomic E-state index is -0.0310. The molecule has 0 bridgehead atoms. The number of amides is 2. The van der Waals surface area contributed by atoms with Gasteiger partial charge in [-0.2, -0.15) is 0 Å². The number of ether oxygens (including phenoxy) is 1. The molecule has 0 atom stereocenters. The fourth-order valence-electron chi connectivity index (χ4n) is 3.58. The van der Waals surface area contributed by atoms with E-state index in [1.54, 1.807) is 17.0 Å². The monoisotopic (exact) mass is 420 g/mol. The van der Waals surface area contributed by atoms with Gasteiger partial charge in [-0.3, -0.25) is 19.3 Å². The molecule has 2 heterocycles. The van der Waals surface area contributed by atoms with Crippen molar-refractivity contribution in [1.82, 2.24) is 14.7 Å². The maximum absolute atomic E-state index is 12.6. The molecule has 156 valence electrons. The number of nitrogens with one attached hydrogen (secondary N) is 1. The Hall–Kier alpha value is -2.58. The largest absolute Gasteiger partial charge is 0.495 e. The Balaban J connectivity index is 1.48. The molecule has 2 aliphatic rings. The van der Waals surface area contributed by atoms with Crippen LogP contribution in [0.25, 0.3) is 0 Å². The van der Waals surface area contributed by atoms with Gasteiger partial charge in [0.1, 0.15) is 5.75 Å². The second-order valence-corrected chi connectivity index (χ2v) is 7.47. The summed E-state index contributed by atoms with van der Waals surface area (Å²) >= 11 is 6.01. The summed E-state index contributed by atoms with van der Waals surface area (Å²) < 4.78 is 5.27. The van der Waals surface area contributed by atoms with Crippen molar-refractivity contribution >= 4 is 35.4 Å². The highest BCUT2D eigenvalue weighted by Crippen LogP contribution is 2.30. The van der Waals surface area contributed by atoms with Crippen LogP contribution in [0.4, 0.5) is 5.69 Å². The number of hydrogen-bond donors (Lipinski definition) is 1. The van der Waals surface area contributed by atoms with Gasteiger partial charge in [-0.1, -0.05) is 18.2 Å². The number of piperazine rings is 1. The zero-order valence-corrected chi connectivity index (χ0v) is 17.2. The number of benzene rings is 1. The number of nitrogens with zero attached hydrogens (tertiary/aromatic N) is 3. The van der Waals surface area contributed by atoms with Crippen LogP contribution in [0.2, 0.25) is 5.02 Å². The van der Waals surface area contributed by atoms with Gasteiger partial charge in [0.2, 0.25) is 11.8 Å². The number of halogens is 1. The van der Waals surface area contributed by atoms with E-state index in [4.69, 9.17) is 16.3 Å². The van der Waals surface area contributed by atoms with Crippen molar-refractivity contribution in [1.29, 1.82) is 0 Å². The van der Waals surface area contributed by atoms with Gasteiger partial charge in [-0.25, -0.2) is 0 Å². The number of hydrogen-bond acceptors (Lipinski definition) is 6. The van der Waals surface area contributed by atoms with Crippen molar-refractivity contribution in [3.8, 4) is 5.75 Å². The quantitative estimate of drug-likeness (QED) is 0.525. The first-order valence-corrected chi connectivity index (χ1v) is 9.84. The zero-order chi connectivity index (χ0) is 21.0. The third-order valence-electron chi connectivity index (χ3n) is 5.41. The Morgan fingerprint density at radius 3 is 2.52 bits per heavy atom. The lowest BCUT2D eigenvalue weighted by Gasteiger charge is -2.47. The van der Waals surface area contributed by atoms with Crippen molar-refractivity contribution in [3.05, 3.63) is 35.4 Å². The molecule has 3 rings (SSSR count). The second-order valence-electron chi connectivity index (χ2n) is 7.06. The van der Waals surface area contributed by atoms with E-state index >= 15 is 0 Å². The third-order valence-corrected chi connectivity index (χ3v) is 5.74. The molecule has 0 radical (unpaired) electrons. The normalized spacial score (nSPS) is 17.4. The van der Waals surface area contributed by atoms with Crippen LogP contribution in [0.5, 0.6) is 5.75 Å². The molecular formula is C20H25ClN4O4. The highest BCUT2D eigenvalue weighted by Gasteiger charge is 2.35. The van der Waals surface area contributed by atoms with Crippen LogP contribution in [-0.2, 0) is 9.59 Å². The van der Waals surface area contributed by atoms with Crippen LogP contribution < -0.4 is 10.1 Å². The average Bonchev–Trinajstić information content (AvgIpc) is 2.71. The van der Waals surface area contributed by atoms with E-state index in [0.717, 1.165) is 26.2 Å². The highest BCUT2D eigenvalue weighted by atomic mass is 35.5. The van der Waals surface area contributed by atoms with Gasteiger partial charge in [0.05, 0.1) is 24.4 Å². The Labute approximate surface area is 175 Å². The average molecular weight is 421 g/mol. The van der Waals surface area contributed by atoms with Gasteiger partial charge in [-0.05, 0) is 12.1 Å². The summed E-state index contributed by atoms with van der Waals surface area (Å²) in [6.45, 7) is 7.90. The Kier molecular flexibility index (Phi) is 6.76. The van der Waals surface area contributed by atoms with Gasteiger partial charge in [0.25, 0.3) is 0 Å². The van der Waals surface area contributed by atoms with Crippen molar-refractivity contribution in [2.45, 2.75) is 6.04 Å². The molecule has 2 aliphatic heterocycles. The third kappa shape index (κ3) is 4.71. The summed E-state index contributed by atoms with van der Waals surface area (Å²) in [6, 6.07) is 3.48. The number of anilines is 1. The number of carbonyl (C=O) groups excluding carboxylic acids is 3. The Morgan fingerprint density at radius 1 is 1.24 bits per heavy atom. The lowest BCUT2D eigenvalue weighted by atomic mass is 10.1. The molecule has 1 N–H and O–H groups in total. The molecule has 0 spiro atoms. The van der Waals surface area contributed by atoms with Crippen molar-refractivity contribution in [2.24, 2.45) is 0 Å². The van der Waals surface area contributed by atoms with Gasteiger partial charge < -0.3 is 19.9 Å². The molecule has 2 amide bonds. The summed E-state index contributed by atoms with van der Waals surface area (Å²) in [7, 11) is 1.50. The highest BCUT2D eigenvalue weighted by molar-refractivity contribution is 6.33. The lowest BCUT2D eigenvalue weighted by molar-refractivity contribution is -0.135. The first-order chi connectivity index (χ1) is 14.0. The summed E-state index contributed by atoms with van der Waals surface area (Å²) in [4.78, 5) is 41.1. The maximum Gasteiger partial charge on any atom is 0.246 e. The van der Waals surface area contributed by atoms with E-state index in [9.17, 15) is 14.4 Å². The summed E-state index contributed by atoms with van der Waals surface area (Å²) in [5.74, 6) is 0.421. The second kappa shape index (κ2) is 9.28. The predicted molar refractivity (Wildman–Crippen MR) is 111 cm³/mol. The van der Waals surface area contributed by atoms with Gasteiger partial charge in [0.15, 0.2) is 6.29 Å². The molecule has 1 aromatic rings. The number of aldehydes is 1. The van der Waals surface area contributed by atoms with Crippen molar-refractivity contribution in [3.63, 3.8) is 0 Å². The minimum Gasteiger partial charge on any atom is -0.495 e. The topological polar surface area (TPSA) is 82.2 Å². The van der Waals surface area contributed by atoms with E-state index in [1.165, 1.54) is 13.2 Å². The van der Waals surface area contributed by atoms with E-state index < -0.39 is 0 Å². The number of methoxy groups -OCH3 is 1. The van der Waals surface area contributed by atoms with Crippen molar-refractivity contribution in [2.75, 3.05) is 58.2 Å². The van der Waals surface area contributed by atoms with E-state index in [0.29, 0.717) is 47.4 Å². The van der Waals surface area contributed by atoms with Crippen LogP contribution >= 0.6 is 11.6 Å². The van der Waals surface area contributed by atoms with Crippen LogP contribution in [-0.4, -0.2) is 91.8 Å². The first kappa shape index (κ1) is 21.1. The van der Waals surface area contributed by atoms with Gasteiger partial charge in [-0.15, -0.1) is 0 Å². The molecule has 0 aromatic heterocycles. The Morgan fingerprint density at radius 2 is 1.93 bits per heavy atom. The predicted octanol–water partition coefficient (Wildman–Crippen LogP) is 1.11. The number of carbonyl (C=O) groups is 3. The van der Waals surface area contributed by atoms with Crippen LogP contribution in [0.3, 0.4) is 0 Å². The van der Waals surface area contributed by atoms with E-state index in [2.05, 4.69) is 16.8 Å². The van der Waals surface area contributed by atoms with Gasteiger partial charge in [0, 0.05) is 56.9 Å². The Bertz CT molecular complexity index is 802. The molecule has 29 heavy (non-hydrogen) atoms. The molecule has 1 aromatic carbocycles. The summed E-state index contributed by atoms with van der Waals surface area (Å²) in [6.07, 6.45) is 2.01. The molecule has 0 saturated carbocycles. The van der Waals surface area contributed by atoms with Crippen LogP contribution in [0.1, 0.15) is 10.4 Å². The van der Waals surface area contributed by atoms with E-state index in [-0.39, 0.29) is 18.4 Å². The first-order valence-electron chi connectivity index (χ1n) is 9.46. The maximum atomic E-state index is 12.6. The zero-order valence-electron chi connectivity index (χ0n) is 16.4. The molecular weight excluding hydrogens is 396 g/mol. The molecule has 9 heteroatoms. The number of rotatable bonds is 7. The molecule has 2 saturated heterocycles. The lowest BCUT2D eigenvalue weighted by Crippen LogP contribution is -2.64. The summed E-state index contributed by atoms with van der Waals surface area (Å²) in [5, 5.41) is 3.34. The SMILES string of the molecule is C=CC(=O)N1CC(N2CCN(C(=O)CNc3cc(C=O)c(Cl)cc3OC)CC2)C1. The van der Waals surface area contributed by atoms with Crippen molar-refractivity contribution < 1.29 is 19.1 Å². The fraction of sp³-hybridized carbons (Fsp3) is 0.450. The van der Waals surface area contributed by atoms with Gasteiger partial charge >= 0.3 is 0 Å². The smallest absolute Gasteiger partial charge is 0.246 e. The fourth-order valence-corrected chi connectivity index (χ4v) is 3.78. The number of likely N-dealkylation sites (tertiary alicyclic amines) is 1. The van der Waals surface area contributed by atoms with Crippen LogP contribution in [0, 0.1) is 0 Å². The van der Waals surface area contributed by atoms with E-state index in [1.807, 2.05) is 4.90 Å². The molecule has 0 unspecified atom stereocenters. The molecule has 8 nitrogen and oxygen atoms in total. The summed E-state index contributed by atoms with van der Waals surface area (Å²) in [5.41, 5.74) is 0.882.